The third-order valence-corrected chi connectivity index (χ3v) is 8.40. The van der Waals surface area contributed by atoms with Crippen LogP contribution in [0.4, 0.5) is 0 Å². The Kier molecular flexibility index (Phi) is 6.53. The second-order valence-corrected chi connectivity index (χ2v) is 10.5. The number of rotatable bonds is 7. The topological polar surface area (TPSA) is 29.5 Å². The van der Waals surface area contributed by atoms with Crippen LogP contribution in [-0.2, 0) is 0 Å². The molecule has 0 fully saturated rings. The lowest BCUT2D eigenvalue weighted by Crippen LogP contribution is -2.26. The molecule has 0 radical (unpaired) electrons. The lowest BCUT2D eigenvalue weighted by molar-refractivity contribution is 0.483. The van der Waals surface area contributed by atoms with Gasteiger partial charge < -0.3 is 4.52 Å². The SMILES string of the molecule is O[P+](Oc1ccc(C(c2ccccc2)c2ccccc2)cc1)(c1ccccc1)c1ccccc1. The van der Waals surface area contributed by atoms with Gasteiger partial charge in [0.15, 0.2) is 16.4 Å². The summed E-state index contributed by atoms with van der Waals surface area (Å²) in [6.07, 6.45) is 0. The van der Waals surface area contributed by atoms with E-state index in [1.807, 2.05) is 84.9 Å². The molecule has 0 heterocycles. The van der Waals surface area contributed by atoms with E-state index in [0.29, 0.717) is 5.75 Å². The smallest absolute Gasteiger partial charge is 0.309 e. The predicted octanol–water partition coefficient (Wildman–Crippen LogP) is 6.74. The van der Waals surface area contributed by atoms with Crippen LogP contribution in [0.25, 0.3) is 0 Å². The van der Waals surface area contributed by atoms with Crippen molar-refractivity contribution in [3.05, 3.63) is 162 Å². The summed E-state index contributed by atoms with van der Waals surface area (Å²) in [4.78, 5) is 11.8. The predicted molar refractivity (Wildman–Crippen MR) is 142 cm³/mol. The van der Waals surface area contributed by atoms with Crippen molar-refractivity contribution < 1.29 is 9.42 Å². The van der Waals surface area contributed by atoms with E-state index < -0.39 is 7.72 Å². The maximum Gasteiger partial charge on any atom is 0.382 e. The zero-order chi connectivity index (χ0) is 23.2. The molecule has 3 heteroatoms. The van der Waals surface area contributed by atoms with Crippen LogP contribution >= 0.6 is 7.72 Å². The second-order valence-electron chi connectivity index (χ2n) is 8.16. The molecule has 0 aliphatic heterocycles. The van der Waals surface area contributed by atoms with E-state index in [0.717, 1.165) is 10.6 Å². The van der Waals surface area contributed by atoms with Gasteiger partial charge >= 0.3 is 7.72 Å². The Labute approximate surface area is 201 Å². The van der Waals surface area contributed by atoms with Crippen LogP contribution < -0.4 is 15.1 Å². The Hall–Kier alpha value is -3.71. The number of hydrogen-bond donors (Lipinski definition) is 1. The molecule has 0 saturated heterocycles. The first-order chi connectivity index (χ1) is 16.7. The van der Waals surface area contributed by atoms with Gasteiger partial charge in [0.2, 0.25) is 0 Å². The van der Waals surface area contributed by atoms with E-state index >= 15 is 0 Å². The Bertz CT molecular complexity index is 1230. The summed E-state index contributed by atoms with van der Waals surface area (Å²) in [5, 5.41) is 1.58. The van der Waals surface area contributed by atoms with Crippen molar-refractivity contribution in [2.24, 2.45) is 0 Å². The van der Waals surface area contributed by atoms with E-state index in [9.17, 15) is 4.89 Å². The highest BCUT2D eigenvalue weighted by Crippen LogP contribution is 2.53. The normalized spacial score (nSPS) is 11.4. The van der Waals surface area contributed by atoms with Crippen molar-refractivity contribution >= 4 is 18.3 Å². The van der Waals surface area contributed by atoms with Gasteiger partial charge in [-0.1, -0.05) is 109 Å². The van der Waals surface area contributed by atoms with E-state index in [4.69, 9.17) is 4.52 Å². The number of benzene rings is 5. The van der Waals surface area contributed by atoms with Crippen molar-refractivity contribution in [3.63, 3.8) is 0 Å². The van der Waals surface area contributed by atoms with E-state index in [-0.39, 0.29) is 5.92 Å². The summed E-state index contributed by atoms with van der Waals surface area (Å²) in [5.41, 5.74) is 3.64. The summed E-state index contributed by atoms with van der Waals surface area (Å²) >= 11 is 0. The van der Waals surface area contributed by atoms with E-state index in [2.05, 4.69) is 60.7 Å². The van der Waals surface area contributed by atoms with Crippen LogP contribution in [0, 0.1) is 0 Å². The fourth-order valence-electron chi connectivity index (χ4n) is 4.26. The van der Waals surface area contributed by atoms with Gasteiger partial charge in [0.05, 0.1) is 0 Å². The first-order valence-corrected chi connectivity index (χ1v) is 13.0. The monoisotopic (exact) mass is 461 g/mol. The fraction of sp³-hybridized carbons (Fsp3) is 0.0323. The molecule has 0 saturated carbocycles. The van der Waals surface area contributed by atoms with Crippen molar-refractivity contribution in [2.75, 3.05) is 0 Å². The molecule has 0 aliphatic rings. The first kappa shape index (κ1) is 22.1. The molecule has 0 amide bonds. The Morgan fingerprint density at radius 1 is 0.441 bits per heavy atom. The standard InChI is InChI=1S/C31H26O2P/c32-34(29-17-9-3-10-18-29,30-19-11-4-12-20-30)33-28-23-21-27(22-24-28)31(25-13-5-1-6-14-25)26-15-7-2-8-16-26/h1-24,31-32H/q+1. The average molecular weight is 462 g/mol. The molecule has 0 aliphatic carbocycles. The third kappa shape index (κ3) is 4.65. The molecule has 34 heavy (non-hydrogen) atoms. The van der Waals surface area contributed by atoms with E-state index in [1.165, 1.54) is 16.7 Å². The van der Waals surface area contributed by atoms with Crippen molar-refractivity contribution in [2.45, 2.75) is 5.92 Å². The van der Waals surface area contributed by atoms with Crippen LogP contribution in [0.15, 0.2) is 146 Å². The van der Waals surface area contributed by atoms with Gasteiger partial charge in [0, 0.05) is 5.92 Å². The molecule has 1 N–H and O–H groups in total. The molecule has 2 nitrogen and oxygen atoms in total. The van der Waals surface area contributed by atoms with Gasteiger partial charge in [-0.15, -0.1) is 0 Å². The first-order valence-electron chi connectivity index (χ1n) is 11.4. The largest absolute Gasteiger partial charge is 0.382 e. The minimum atomic E-state index is -3.05. The highest BCUT2D eigenvalue weighted by Gasteiger charge is 2.45. The van der Waals surface area contributed by atoms with Crippen LogP contribution in [-0.4, -0.2) is 4.89 Å². The summed E-state index contributed by atoms with van der Waals surface area (Å²) in [7, 11) is -3.05. The van der Waals surface area contributed by atoms with Gasteiger partial charge in [-0.2, -0.15) is 0 Å². The van der Waals surface area contributed by atoms with Gasteiger partial charge in [0.1, 0.15) is 0 Å². The fourth-order valence-corrected chi connectivity index (χ4v) is 6.34. The molecule has 0 spiro atoms. The van der Waals surface area contributed by atoms with Crippen LogP contribution in [0.1, 0.15) is 22.6 Å². The average Bonchev–Trinajstić information content (AvgIpc) is 2.92. The molecule has 0 atom stereocenters. The molecule has 0 bridgehead atoms. The third-order valence-electron chi connectivity index (χ3n) is 5.93. The molecule has 0 aromatic heterocycles. The summed E-state index contributed by atoms with van der Waals surface area (Å²) in [6.45, 7) is 0. The van der Waals surface area contributed by atoms with Gasteiger partial charge in [0.25, 0.3) is 0 Å². The summed E-state index contributed by atoms with van der Waals surface area (Å²) in [6, 6.07) is 48.5. The molecule has 5 rings (SSSR count). The molecule has 166 valence electrons. The molecular weight excluding hydrogens is 435 g/mol. The maximum absolute atomic E-state index is 11.8. The van der Waals surface area contributed by atoms with Crippen molar-refractivity contribution in [1.29, 1.82) is 0 Å². The van der Waals surface area contributed by atoms with E-state index in [1.54, 1.807) is 0 Å². The van der Waals surface area contributed by atoms with Gasteiger partial charge in [-0.25, -0.2) is 4.89 Å². The van der Waals surface area contributed by atoms with Gasteiger partial charge in [-0.05, 0) is 53.1 Å². The molecule has 5 aromatic carbocycles. The van der Waals surface area contributed by atoms with Crippen molar-refractivity contribution in [1.82, 2.24) is 0 Å². The second kappa shape index (κ2) is 10.1. The lowest BCUT2D eigenvalue weighted by atomic mass is 9.85. The number of hydrogen-bond acceptors (Lipinski definition) is 2. The quantitative estimate of drug-likeness (QED) is 0.215. The van der Waals surface area contributed by atoms with Crippen LogP contribution in [0.3, 0.4) is 0 Å². The minimum Gasteiger partial charge on any atom is -0.309 e. The summed E-state index contributed by atoms with van der Waals surface area (Å²) < 4.78 is 6.39. The zero-order valence-corrected chi connectivity index (χ0v) is 19.6. The molecule has 5 aromatic rings. The molecule has 0 unspecified atom stereocenters. The van der Waals surface area contributed by atoms with Gasteiger partial charge in [-0.3, -0.25) is 0 Å². The summed E-state index contributed by atoms with van der Waals surface area (Å²) in [5.74, 6) is 0.764. The van der Waals surface area contributed by atoms with Crippen LogP contribution in [0.2, 0.25) is 0 Å². The lowest BCUT2D eigenvalue weighted by Gasteiger charge is -2.21. The Morgan fingerprint density at radius 3 is 1.21 bits per heavy atom. The highest BCUT2D eigenvalue weighted by atomic mass is 31.2. The Morgan fingerprint density at radius 2 is 0.794 bits per heavy atom. The maximum atomic E-state index is 11.8. The highest BCUT2D eigenvalue weighted by molar-refractivity contribution is 7.80. The molecular formula is C31H26O2P+. The minimum absolute atomic E-state index is 0.119. The van der Waals surface area contributed by atoms with Crippen molar-refractivity contribution in [3.8, 4) is 5.75 Å². The zero-order valence-electron chi connectivity index (χ0n) is 18.7. The van der Waals surface area contributed by atoms with Crippen LogP contribution in [0.5, 0.6) is 5.75 Å². The Balaban J connectivity index is 1.50.